The molecule has 0 spiro atoms. The van der Waals surface area contributed by atoms with Gasteiger partial charge in [0.25, 0.3) is 0 Å². The second kappa shape index (κ2) is 6.41. The van der Waals surface area contributed by atoms with Gasteiger partial charge < -0.3 is 15.0 Å². The first-order valence-corrected chi connectivity index (χ1v) is 8.43. The minimum absolute atomic E-state index is 0.215. The van der Waals surface area contributed by atoms with Crippen molar-refractivity contribution in [2.24, 2.45) is 12.5 Å². The average Bonchev–Trinajstić information content (AvgIpc) is 3.23. The molecule has 0 amide bonds. The molecule has 1 aliphatic heterocycles. The number of hydrogen-bond donors (Lipinski definition) is 1. The summed E-state index contributed by atoms with van der Waals surface area (Å²) in [6, 6.07) is 1.83. The molecule has 3 aromatic heterocycles. The van der Waals surface area contributed by atoms with E-state index in [0.29, 0.717) is 11.8 Å². The standard InChI is InChI=1S/C17H22N8O/c1-17(11-26-12-17)10-23(2)14-7-20-25(9-14)15-4-5-18-16(22-15)21-13-6-19-24(3)8-13/h4-9H,10-12H2,1-3H3,(H,18,21,22). The van der Waals surface area contributed by atoms with Crippen molar-refractivity contribution >= 4 is 17.3 Å². The van der Waals surface area contributed by atoms with E-state index in [4.69, 9.17) is 4.74 Å². The molecule has 9 heteroatoms. The zero-order valence-corrected chi connectivity index (χ0v) is 15.1. The number of aryl methyl sites for hydroxylation is 1. The molecule has 3 aromatic rings. The van der Waals surface area contributed by atoms with E-state index >= 15 is 0 Å². The Morgan fingerprint density at radius 1 is 1.27 bits per heavy atom. The Balaban J connectivity index is 1.49. The SMILES string of the molecule is CN(CC1(C)COC1)c1cnn(-c2ccnc(Nc3cnn(C)c3)n2)c1. The lowest BCUT2D eigenvalue weighted by molar-refractivity contribution is -0.0951. The molecule has 1 N–H and O–H groups in total. The van der Waals surface area contributed by atoms with Gasteiger partial charge in [-0.25, -0.2) is 9.67 Å². The molecule has 0 aromatic carbocycles. The largest absolute Gasteiger partial charge is 0.380 e. The maximum absolute atomic E-state index is 5.34. The number of ether oxygens (including phenoxy) is 1. The monoisotopic (exact) mass is 354 g/mol. The average molecular weight is 354 g/mol. The molecule has 0 saturated carbocycles. The van der Waals surface area contributed by atoms with Gasteiger partial charge in [0.05, 0.1) is 43.2 Å². The lowest BCUT2D eigenvalue weighted by Gasteiger charge is -2.41. The summed E-state index contributed by atoms with van der Waals surface area (Å²) in [6.45, 7) is 4.77. The molecule has 4 heterocycles. The Bertz CT molecular complexity index is 898. The van der Waals surface area contributed by atoms with Crippen molar-refractivity contribution in [3.8, 4) is 5.82 Å². The Labute approximate surface area is 151 Å². The molecular weight excluding hydrogens is 332 g/mol. The van der Waals surface area contributed by atoms with E-state index in [1.165, 1.54) is 0 Å². The molecule has 4 rings (SSSR count). The molecule has 1 fully saturated rings. The van der Waals surface area contributed by atoms with Gasteiger partial charge in [0.1, 0.15) is 0 Å². The van der Waals surface area contributed by atoms with Gasteiger partial charge in [0.15, 0.2) is 5.82 Å². The van der Waals surface area contributed by atoms with Crippen LogP contribution in [0.4, 0.5) is 17.3 Å². The smallest absolute Gasteiger partial charge is 0.229 e. The van der Waals surface area contributed by atoms with Crippen LogP contribution >= 0.6 is 0 Å². The van der Waals surface area contributed by atoms with Crippen LogP contribution in [0.25, 0.3) is 5.82 Å². The van der Waals surface area contributed by atoms with E-state index in [2.05, 4.69) is 44.4 Å². The van der Waals surface area contributed by atoms with Gasteiger partial charge in [-0.15, -0.1) is 0 Å². The van der Waals surface area contributed by atoms with Crippen LogP contribution in [0, 0.1) is 5.41 Å². The second-order valence-electron chi connectivity index (χ2n) is 7.07. The molecule has 0 bridgehead atoms. The number of aromatic nitrogens is 6. The van der Waals surface area contributed by atoms with Crippen LogP contribution < -0.4 is 10.2 Å². The van der Waals surface area contributed by atoms with E-state index in [-0.39, 0.29) is 5.41 Å². The molecule has 0 aliphatic carbocycles. The fourth-order valence-corrected chi connectivity index (χ4v) is 2.99. The lowest BCUT2D eigenvalue weighted by atomic mass is 9.88. The van der Waals surface area contributed by atoms with Crippen LogP contribution in [0.1, 0.15) is 6.92 Å². The summed E-state index contributed by atoms with van der Waals surface area (Å²) in [5.74, 6) is 1.20. The van der Waals surface area contributed by atoms with Crippen molar-refractivity contribution in [2.75, 3.05) is 37.0 Å². The molecular formula is C17H22N8O. The van der Waals surface area contributed by atoms with E-state index in [1.54, 1.807) is 21.8 Å². The first-order chi connectivity index (χ1) is 12.5. The third kappa shape index (κ3) is 3.38. The summed E-state index contributed by atoms with van der Waals surface area (Å²) < 4.78 is 8.80. The highest BCUT2D eigenvalue weighted by atomic mass is 16.5. The van der Waals surface area contributed by atoms with Gasteiger partial charge in [-0.1, -0.05) is 6.92 Å². The fourth-order valence-electron chi connectivity index (χ4n) is 2.99. The van der Waals surface area contributed by atoms with Gasteiger partial charge in [-0.2, -0.15) is 15.2 Å². The zero-order chi connectivity index (χ0) is 18.1. The Kier molecular flexibility index (Phi) is 4.08. The Hall–Kier alpha value is -2.94. The normalized spacial score (nSPS) is 15.5. The molecule has 1 saturated heterocycles. The van der Waals surface area contributed by atoms with Gasteiger partial charge in [-0.05, 0) is 0 Å². The minimum atomic E-state index is 0.215. The Morgan fingerprint density at radius 3 is 2.81 bits per heavy atom. The Morgan fingerprint density at radius 2 is 2.12 bits per heavy atom. The van der Waals surface area contributed by atoms with Gasteiger partial charge in [-0.3, -0.25) is 4.68 Å². The van der Waals surface area contributed by atoms with Crippen LogP contribution in [0.3, 0.4) is 0 Å². The first kappa shape index (κ1) is 16.5. The summed E-state index contributed by atoms with van der Waals surface area (Å²) in [7, 11) is 3.93. The third-order valence-corrected chi connectivity index (χ3v) is 4.37. The predicted octanol–water partition coefficient (Wildman–Crippen LogP) is 1.61. The van der Waals surface area contributed by atoms with Crippen molar-refractivity contribution in [3.63, 3.8) is 0 Å². The van der Waals surface area contributed by atoms with E-state index in [0.717, 1.165) is 31.1 Å². The van der Waals surface area contributed by atoms with Crippen LogP contribution in [0.15, 0.2) is 37.1 Å². The summed E-state index contributed by atoms with van der Waals surface area (Å²) in [4.78, 5) is 11.0. The van der Waals surface area contributed by atoms with Crippen molar-refractivity contribution in [3.05, 3.63) is 37.1 Å². The number of hydrogen-bond acceptors (Lipinski definition) is 7. The predicted molar refractivity (Wildman–Crippen MR) is 97.8 cm³/mol. The van der Waals surface area contributed by atoms with Crippen molar-refractivity contribution < 1.29 is 4.74 Å². The first-order valence-electron chi connectivity index (χ1n) is 8.43. The molecule has 26 heavy (non-hydrogen) atoms. The summed E-state index contributed by atoms with van der Waals surface area (Å²) >= 11 is 0. The zero-order valence-electron chi connectivity index (χ0n) is 15.1. The lowest BCUT2D eigenvalue weighted by Crippen LogP contribution is -2.47. The number of anilines is 3. The maximum Gasteiger partial charge on any atom is 0.229 e. The highest BCUT2D eigenvalue weighted by Gasteiger charge is 2.34. The van der Waals surface area contributed by atoms with Crippen molar-refractivity contribution in [1.82, 2.24) is 29.5 Å². The highest BCUT2D eigenvalue weighted by Crippen LogP contribution is 2.29. The molecule has 9 nitrogen and oxygen atoms in total. The highest BCUT2D eigenvalue weighted by molar-refractivity contribution is 5.51. The van der Waals surface area contributed by atoms with E-state index in [9.17, 15) is 0 Å². The van der Waals surface area contributed by atoms with Crippen molar-refractivity contribution in [2.45, 2.75) is 6.92 Å². The summed E-state index contributed by atoms with van der Waals surface area (Å²) in [5.41, 5.74) is 2.09. The fraction of sp³-hybridized carbons (Fsp3) is 0.412. The topological polar surface area (TPSA) is 85.9 Å². The quantitative estimate of drug-likeness (QED) is 0.720. The second-order valence-corrected chi connectivity index (χ2v) is 7.07. The number of nitrogens with one attached hydrogen (secondary N) is 1. The number of nitrogens with zero attached hydrogens (tertiary/aromatic N) is 7. The molecule has 1 aliphatic rings. The summed E-state index contributed by atoms with van der Waals surface area (Å²) in [5, 5.41) is 11.7. The third-order valence-electron chi connectivity index (χ3n) is 4.37. The van der Waals surface area contributed by atoms with Crippen molar-refractivity contribution in [1.29, 1.82) is 0 Å². The maximum atomic E-state index is 5.34. The molecule has 0 atom stereocenters. The van der Waals surface area contributed by atoms with Crippen LogP contribution in [-0.4, -0.2) is 56.3 Å². The number of rotatable bonds is 6. The van der Waals surface area contributed by atoms with E-state index < -0.39 is 0 Å². The van der Waals surface area contributed by atoms with Crippen LogP contribution in [0.2, 0.25) is 0 Å². The van der Waals surface area contributed by atoms with Gasteiger partial charge in [0.2, 0.25) is 5.95 Å². The van der Waals surface area contributed by atoms with Crippen LogP contribution in [-0.2, 0) is 11.8 Å². The minimum Gasteiger partial charge on any atom is -0.380 e. The van der Waals surface area contributed by atoms with Crippen LogP contribution in [0.5, 0.6) is 0 Å². The molecule has 0 unspecified atom stereocenters. The molecule has 0 radical (unpaired) electrons. The van der Waals surface area contributed by atoms with Gasteiger partial charge in [0, 0.05) is 44.5 Å². The van der Waals surface area contributed by atoms with E-state index in [1.807, 2.05) is 31.7 Å². The molecule has 136 valence electrons. The summed E-state index contributed by atoms with van der Waals surface area (Å²) in [6.07, 6.45) is 9.11. The van der Waals surface area contributed by atoms with Gasteiger partial charge >= 0.3 is 0 Å².